The van der Waals surface area contributed by atoms with Gasteiger partial charge in [0, 0.05) is 5.02 Å². The zero-order chi connectivity index (χ0) is 13.0. The second-order valence-corrected chi connectivity index (χ2v) is 4.99. The van der Waals surface area contributed by atoms with Crippen molar-refractivity contribution in [2.45, 2.75) is 32.9 Å². The maximum atomic E-state index is 11.8. The maximum absolute atomic E-state index is 11.8. The molecule has 1 aromatic carbocycles. The number of halogens is 1. The Balaban J connectivity index is 2.63. The normalized spacial score (nSPS) is 14.5. The van der Waals surface area contributed by atoms with Crippen LogP contribution in [0.3, 0.4) is 0 Å². The molecule has 0 aromatic heterocycles. The fraction of sp³-hybridized carbons (Fsp3) is 0.462. The number of hydrogen-bond acceptors (Lipinski definition) is 2. The summed E-state index contributed by atoms with van der Waals surface area (Å²) >= 11 is 5.81. The molecule has 0 spiro atoms. The van der Waals surface area contributed by atoms with Crippen molar-refractivity contribution >= 4 is 17.5 Å². The van der Waals surface area contributed by atoms with Gasteiger partial charge in [0.1, 0.15) is 0 Å². The lowest BCUT2D eigenvalue weighted by Gasteiger charge is -2.20. The average Bonchev–Trinajstić information content (AvgIpc) is 2.28. The molecule has 17 heavy (non-hydrogen) atoms. The molecule has 4 heteroatoms. The number of amides is 1. The lowest BCUT2D eigenvalue weighted by Crippen LogP contribution is -2.44. The van der Waals surface area contributed by atoms with E-state index >= 15 is 0 Å². The van der Waals surface area contributed by atoms with Crippen molar-refractivity contribution in [3.05, 3.63) is 34.9 Å². The first-order valence-electron chi connectivity index (χ1n) is 5.73. The fourth-order valence-corrected chi connectivity index (χ4v) is 1.57. The van der Waals surface area contributed by atoms with E-state index in [1.165, 1.54) is 0 Å². The lowest BCUT2D eigenvalue weighted by atomic mass is 10.0. The number of nitrogens with two attached hydrogens (primary N) is 1. The third-order valence-corrected chi connectivity index (χ3v) is 3.00. The summed E-state index contributed by atoms with van der Waals surface area (Å²) in [5.41, 5.74) is 6.79. The number of benzene rings is 1. The Bertz CT molecular complexity index is 376. The number of hydrogen-bond donors (Lipinski definition) is 2. The van der Waals surface area contributed by atoms with E-state index in [2.05, 4.69) is 5.32 Å². The number of rotatable bonds is 4. The summed E-state index contributed by atoms with van der Waals surface area (Å²) in [5.74, 6) is 0.00914. The number of carbonyl (C=O) groups is 1. The molecule has 0 heterocycles. The monoisotopic (exact) mass is 254 g/mol. The molecule has 2 atom stereocenters. The molecule has 2 unspecified atom stereocenters. The summed E-state index contributed by atoms with van der Waals surface area (Å²) in [4.78, 5) is 11.8. The first-order valence-corrected chi connectivity index (χ1v) is 6.11. The van der Waals surface area contributed by atoms with E-state index < -0.39 is 6.04 Å². The molecule has 1 amide bonds. The Morgan fingerprint density at radius 1 is 1.24 bits per heavy atom. The zero-order valence-corrected chi connectivity index (χ0v) is 11.2. The molecule has 94 valence electrons. The largest absolute Gasteiger partial charge is 0.348 e. The maximum Gasteiger partial charge on any atom is 0.237 e. The first kappa shape index (κ1) is 14.0. The molecule has 3 N–H and O–H groups in total. The Kier molecular flexibility index (Phi) is 4.97. The standard InChI is InChI=1S/C13H19ClN2O/c1-8(2)12(15)13(17)16-9(3)10-4-6-11(14)7-5-10/h4-9,12H,15H2,1-3H3,(H,16,17). The second-order valence-electron chi connectivity index (χ2n) is 4.55. The van der Waals surface area contributed by atoms with E-state index in [0.29, 0.717) is 5.02 Å². The molecule has 1 aromatic rings. The highest BCUT2D eigenvalue weighted by molar-refractivity contribution is 6.30. The van der Waals surface area contributed by atoms with Gasteiger partial charge in [-0.2, -0.15) is 0 Å². The average molecular weight is 255 g/mol. The third kappa shape index (κ3) is 4.02. The smallest absolute Gasteiger partial charge is 0.237 e. The highest BCUT2D eigenvalue weighted by Crippen LogP contribution is 2.16. The van der Waals surface area contributed by atoms with Crippen LogP contribution in [0.5, 0.6) is 0 Å². The molecular weight excluding hydrogens is 236 g/mol. The SMILES string of the molecule is CC(NC(=O)C(N)C(C)C)c1ccc(Cl)cc1. The molecule has 0 bridgehead atoms. The van der Waals surface area contributed by atoms with E-state index in [9.17, 15) is 4.79 Å². The van der Waals surface area contributed by atoms with Crippen LogP contribution in [0.1, 0.15) is 32.4 Å². The zero-order valence-electron chi connectivity index (χ0n) is 10.4. The van der Waals surface area contributed by atoms with Crippen LogP contribution in [-0.4, -0.2) is 11.9 Å². The van der Waals surface area contributed by atoms with Gasteiger partial charge in [0.25, 0.3) is 0 Å². The van der Waals surface area contributed by atoms with Gasteiger partial charge in [-0.05, 0) is 30.5 Å². The summed E-state index contributed by atoms with van der Waals surface area (Å²) < 4.78 is 0. The Hall–Kier alpha value is -1.06. The predicted octanol–water partition coefficient (Wildman–Crippen LogP) is 2.50. The van der Waals surface area contributed by atoms with Gasteiger partial charge in [0.05, 0.1) is 12.1 Å². The molecule has 0 aliphatic heterocycles. The van der Waals surface area contributed by atoms with Crippen LogP contribution >= 0.6 is 11.6 Å². The van der Waals surface area contributed by atoms with Crippen molar-refractivity contribution in [1.29, 1.82) is 0 Å². The Labute approximate surface area is 107 Å². The van der Waals surface area contributed by atoms with Gasteiger partial charge in [0.15, 0.2) is 0 Å². The molecule has 3 nitrogen and oxygen atoms in total. The van der Waals surface area contributed by atoms with Crippen molar-refractivity contribution in [1.82, 2.24) is 5.32 Å². The van der Waals surface area contributed by atoms with Gasteiger partial charge < -0.3 is 11.1 Å². The lowest BCUT2D eigenvalue weighted by molar-refractivity contribution is -0.123. The van der Waals surface area contributed by atoms with Crippen molar-refractivity contribution < 1.29 is 4.79 Å². The first-order chi connectivity index (χ1) is 7.91. The molecular formula is C13H19ClN2O. The van der Waals surface area contributed by atoms with Crippen LogP contribution in [0.25, 0.3) is 0 Å². The number of carbonyl (C=O) groups excluding carboxylic acids is 1. The van der Waals surface area contributed by atoms with Gasteiger partial charge in [-0.1, -0.05) is 37.6 Å². The van der Waals surface area contributed by atoms with Gasteiger partial charge in [-0.3, -0.25) is 4.79 Å². The predicted molar refractivity (Wildman–Crippen MR) is 70.8 cm³/mol. The van der Waals surface area contributed by atoms with E-state index in [1.807, 2.05) is 45.0 Å². The van der Waals surface area contributed by atoms with E-state index in [4.69, 9.17) is 17.3 Å². The van der Waals surface area contributed by atoms with Crippen LogP contribution in [0.2, 0.25) is 5.02 Å². The second kappa shape index (κ2) is 6.03. The third-order valence-electron chi connectivity index (χ3n) is 2.75. The van der Waals surface area contributed by atoms with Gasteiger partial charge in [0.2, 0.25) is 5.91 Å². The van der Waals surface area contributed by atoms with Crippen molar-refractivity contribution in [3.8, 4) is 0 Å². The van der Waals surface area contributed by atoms with Crippen LogP contribution < -0.4 is 11.1 Å². The van der Waals surface area contributed by atoms with Gasteiger partial charge in [-0.15, -0.1) is 0 Å². The summed E-state index contributed by atoms with van der Waals surface area (Å²) in [5, 5.41) is 3.58. The minimum absolute atomic E-state index is 0.0652. The molecule has 0 fully saturated rings. The van der Waals surface area contributed by atoms with E-state index in [1.54, 1.807) is 0 Å². The van der Waals surface area contributed by atoms with Crippen LogP contribution in [0.4, 0.5) is 0 Å². The van der Waals surface area contributed by atoms with Crippen molar-refractivity contribution in [2.24, 2.45) is 11.7 Å². The summed E-state index contributed by atoms with van der Waals surface area (Å²) in [7, 11) is 0. The van der Waals surface area contributed by atoms with Gasteiger partial charge in [-0.25, -0.2) is 0 Å². The summed E-state index contributed by atoms with van der Waals surface area (Å²) in [6.07, 6.45) is 0. The molecule has 1 rings (SSSR count). The topological polar surface area (TPSA) is 55.1 Å². The molecule has 0 aliphatic carbocycles. The van der Waals surface area contributed by atoms with Crippen molar-refractivity contribution in [2.75, 3.05) is 0 Å². The van der Waals surface area contributed by atoms with E-state index in [-0.39, 0.29) is 17.9 Å². The quantitative estimate of drug-likeness (QED) is 0.868. The van der Waals surface area contributed by atoms with Gasteiger partial charge >= 0.3 is 0 Å². The highest BCUT2D eigenvalue weighted by atomic mass is 35.5. The van der Waals surface area contributed by atoms with Crippen molar-refractivity contribution in [3.63, 3.8) is 0 Å². The molecule has 0 radical (unpaired) electrons. The Morgan fingerprint density at radius 3 is 2.24 bits per heavy atom. The van der Waals surface area contributed by atoms with E-state index in [0.717, 1.165) is 5.56 Å². The molecule has 0 saturated heterocycles. The summed E-state index contributed by atoms with van der Waals surface area (Å²) in [6, 6.07) is 6.88. The minimum atomic E-state index is -0.468. The fourth-order valence-electron chi connectivity index (χ4n) is 1.45. The minimum Gasteiger partial charge on any atom is -0.348 e. The van der Waals surface area contributed by atoms with Crippen LogP contribution in [0, 0.1) is 5.92 Å². The summed E-state index contributed by atoms with van der Waals surface area (Å²) in [6.45, 7) is 5.78. The molecule has 0 aliphatic rings. The molecule has 0 saturated carbocycles. The number of nitrogens with one attached hydrogen (secondary N) is 1. The highest BCUT2D eigenvalue weighted by Gasteiger charge is 2.19. The van der Waals surface area contributed by atoms with Crippen LogP contribution in [-0.2, 0) is 4.79 Å². The Morgan fingerprint density at radius 2 is 1.76 bits per heavy atom. The van der Waals surface area contributed by atoms with Crippen LogP contribution in [0.15, 0.2) is 24.3 Å².